The van der Waals surface area contributed by atoms with Gasteiger partial charge in [-0.05, 0) is 83.3 Å². The second kappa shape index (κ2) is 33.1. The van der Waals surface area contributed by atoms with Crippen LogP contribution in [0.2, 0.25) is 0 Å². The zero-order valence-corrected chi connectivity index (χ0v) is 36.4. The molecular weight excluding hydrogens is 651 g/mol. The molecule has 0 spiro atoms. The lowest BCUT2D eigenvalue weighted by Gasteiger charge is -2.39. The van der Waals surface area contributed by atoms with Gasteiger partial charge < -0.3 is 15.1 Å². The molecule has 3 atom stereocenters. The molecule has 1 heterocycles. The first-order valence-corrected chi connectivity index (χ1v) is 24.3. The third kappa shape index (κ3) is 23.5. The van der Waals surface area contributed by atoms with E-state index in [4.69, 9.17) is 0 Å². The van der Waals surface area contributed by atoms with Gasteiger partial charge in [0.25, 0.3) is 0 Å². The van der Waals surface area contributed by atoms with E-state index in [2.05, 4.69) is 42.9 Å². The maximum atomic E-state index is 14.7. The van der Waals surface area contributed by atoms with Crippen molar-refractivity contribution in [2.24, 2.45) is 11.8 Å². The maximum Gasteiger partial charge on any atom is 0.243 e. The van der Waals surface area contributed by atoms with Crippen LogP contribution in [0.15, 0.2) is 0 Å². The number of amides is 2. The first-order valence-electron chi connectivity index (χ1n) is 24.3. The maximum absolute atomic E-state index is 14.7. The van der Waals surface area contributed by atoms with Crippen molar-refractivity contribution in [1.29, 1.82) is 0 Å². The van der Waals surface area contributed by atoms with E-state index in [9.17, 15) is 9.59 Å². The fourth-order valence-corrected chi connectivity index (χ4v) is 9.39. The van der Waals surface area contributed by atoms with Crippen LogP contribution in [-0.2, 0) is 9.59 Å². The molecule has 0 aromatic rings. The molecule has 1 saturated carbocycles. The molecule has 5 nitrogen and oxygen atoms in total. The van der Waals surface area contributed by atoms with Gasteiger partial charge in [-0.1, -0.05) is 188 Å². The smallest absolute Gasteiger partial charge is 0.243 e. The Balaban J connectivity index is 2.24. The van der Waals surface area contributed by atoms with Crippen molar-refractivity contribution in [2.45, 2.75) is 258 Å². The molecule has 0 aromatic carbocycles. The zero-order chi connectivity index (χ0) is 38.2. The molecule has 0 aromatic heterocycles. The van der Waals surface area contributed by atoms with E-state index in [1.807, 2.05) is 0 Å². The molecule has 1 aliphatic carbocycles. The van der Waals surface area contributed by atoms with Gasteiger partial charge in [0.15, 0.2) is 0 Å². The lowest BCUT2D eigenvalue weighted by Crippen LogP contribution is -2.56. The molecular formula is C48H93N3O2. The monoisotopic (exact) mass is 744 g/mol. The molecule has 3 unspecified atom stereocenters. The number of carbonyl (C=O) groups is 2. The minimum Gasteiger partial charge on any atom is -0.352 e. The highest BCUT2D eigenvalue weighted by Crippen LogP contribution is 2.30. The average molecular weight is 744 g/mol. The number of rotatable bonds is 32. The van der Waals surface area contributed by atoms with Crippen molar-refractivity contribution < 1.29 is 9.59 Å². The van der Waals surface area contributed by atoms with Gasteiger partial charge in [0.1, 0.15) is 6.04 Å². The third-order valence-electron chi connectivity index (χ3n) is 13.0. The number of likely N-dealkylation sites (tertiary alicyclic amines) is 1. The number of carbonyl (C=O) groups excluding carboxylic acids is 2. The molecule has 2 fully saturated rings. The summed E-state index contributed by atoms with van der Waals surface area (Å²) in [4.78, 5) is 34.0. The second-order valence-electron chi connectivity index (χ2n) is 17.9. The van der Waals surface area contributed by atoms with E-state index in [1.165, 1.54) is 173 Å². The summed E-state index contributed by atoms with van der Waals surface area (Å²) in [6, 6.07) is -0.0482. The van der Waals surface area contributed by atoms with Gasteiger partial charge in [0, 0.05) is 19.0 Å². The Morgan fingerprint density at radius 3 is 1.55 bits per heavy atom. The van der Waals surface area contributed by atoms with E-state index in [1.54, 1.807) is 0 Å². The molecule has 2 amide bonds. The number of nitrogens with one attached hydrogen (secondary N) is 1. The summed E-state index contributed by atoms with van der Waals surface area (Å²) in [6.45, 7) is 9.80. The van der Waals surface area contributed by atoms with Crippen LogP contribution < -0.4 is 5.32 Å². The van der Waals surface area contributed by atoms with E-state index < -0.39 is 0 Å². The highest BCUT2D eigenvalue weighted by atomic mass is 16.2. The SMILES string of the molecule is CCCCCCCCCCCC(=O)N(CC(CCCCCCCC)CCCCCCCCCC)C(C(=O)NC1CCCCCC1)C1CCCN(C)CC1. The van der Waals surface area contributed by atoms with Crippen molar-refractivity contribution in [3.63, 3.8) is 0 Å². The number of hydrogen-bond donors (Lipinski definition) is 1. The molecule has 53 heavy (non-hydrogen) atoms. The Kier molecular flexibility index (Phi) is 30.0. The zero-order valence-electron chi connectivity index (χ0n) is 36.4. The molecule has 0 bridgehead atoms. The number of unbranched alkanes of at least 4 members (excludes halogenated alkanes) is 20. The van der Waals surface area contributed by atoms with E-state index >= 15 is 0 Å². The van der Waals surface area contributed by atoms with Crippen LogP contribution in [-0.4, -0.2) is 60.4 Å². The van der Waals surface area contributed by atoms with Gasteiger partial charge >= 0.3 is 0 Å². The normalized spacial score (nSPS) is 18.7. The predicted octanol–water partition coefficient (Wildman–Crippen LogP) is 13.6. The molecule has 1 N–H and O–H groups in total. The average Bonchev–Trinajstić information content (AvgIpc) is 3.55. The van der Waals surface area contributed by atoms with Crippen molar-refractivity contribution >= 4 is 11.8 Å². The van der Waals surface area contributed by atoms with E-state index in [0.717, 1.165) is 64.6 Å². The van der Waals surface area contributed by atoms with Gasteiger partial charge in [-0.15, -0.1) is 0 Å². The topological polar surface area (TPSA) is 52.7 Å². The van der Waals surface area contributed by atoms with Gasteiger partial charge in [0.05, 0.1) is 0 Å². The van der Waals surface area contributed by atoms with Gasteiger partial charge in [-0.3, -0.25) is 9.59 Å². The molecule has 0 radical (unpaired) electrons. The lowest BCUT2D eigenvalue weighted by atomic mass is 9.87. The Hall–Kier alpha value is -1.10. The molecule has 2 rings (SSSR count). The second-order valence-corrected chi connectivity index (χ2v) is 17.9. The van der Waals surface area contributed by atoms with E-state index in [0.29, 0.717) is 12.3 Å². The van der Waals surface area contributed by atoms with Crippen molar-refractivity contribution in [1.82, 2.24) is 15.1 Å². The van der Waals surface area contributed by atoms with Crippen LogP contribution >= 0.6 is 0 Å². The quantitative estimate of drug-likeness (QED) is 0.0551. The van der Waals surface area contributed by atoms with Crippen LogP contribution in [0.25, 0.3) is 0 Å². The highest BCUT2D eigenvalue weighted by Gasteiger charge is 2.38. The van der Waals surface area contributed by atoms with Crippen LogP contribution in [0.4, 0.5) is 0 Å². The fraction of sp³-hybridized carbons (Fsp3) is 0.958. The third-order valence-corrected chi connectivity index (χ3v) is 13.0. The summed E-state index contributed by atoms with van der Waals surface area (Å²) < 4.78 is 0. The molecule has 312 valence electrons. The van der Waals surface area contributed by atoms with Crippen LogP contribution in [0.3, 0.4) is 0 Å². The van der Waals surface area contributed by atoms with Gasteiger partial charge in [-0.25, -0.2) is 0 Å². The highest BCUT2D eigenvalue weighted by molar-refractivity contribution is 5.88. The largest absolute Gasteiger partial charge is 0.352 e. The molecule has 1 aliphatic heterocycles. The lowest BCUT2D eigenvalue weighted by molar-refractivity contribution is -0.144. The Labute approximate surface area is 331 Å². The molecule has 1 saturated heterocycles. The van der Waals surface area contributed by atoms with Crippen LogP contribution in [0, 0.1) is 11.8 Å². The number of nitrogens with zero attached hydrogens (tertiary/aromatic N) is 2. The summed E-state index contributed by atoms with van der Waals surface area (Å²) >= 11 is 0. The minimum absolute atomic E-state index is 0.178. The minimum atomic E-state index is -0.318. The molecule has 5 heteroatoms. The fourth-order valence-electron chi connectivity index (χ4n) is 9.39. The predicted molar refractivity (Wildman–Crippen MR) is 231 cm³/mol. The summed E-state index contributed by atoms with van der Waals surface area (Å²) in [5, 5.41) is 3.61. The van der Waals surface area contributed by atoms with Crippen molar-refractivity contribution in [3.05, 3.63) is 0 Å². The Bertz CT molecular complexity index is 856. The van der Waals surface area contributed by atoms with Gasteiger partial charge in [0.2, 0.25) is 11.8 Å². The summed E-state index contributed by atoms with van der Waals surface area (Å²) in [7, 11) is 2.23. The van der Waals surface area contributed by atoms with E-state index in [-0.39, 0.29) is 29.8 Å². The molecule has 2 aliphatic rings. The first kappa shape index (κ1) is 48.0. The van der Waals surface area contributed by atoms with Crippen molar-refractivity contribution in [3.8, 4) is 0 Å². The van der Waals surface area contributed by atoms with Crippen LogP contribution in [0.1, 0.15) is 245 Å². The number of hydrogen-bond acceptors (Lipinski definition) is 3. The van der Waals surface area contributed by atoms with Crippen LogP contribution in [0.5, 0.6) is 0 Å². The van der Waals surface area contributed by atoms with Gasteiger partial charge in [-0.2, -0.15) is 0 Å². The first-order chi connectivity index (χ1) is 26.0. The standard InChI is InChI=1S/C48H93N3O2/c1-5-8-11-14-17-19-21-24-31-38-46(52)51(42-43(33-27-22-16-13-10-7-3)34-28-23-20-18-15-12-9-6-2)47(44-35-32-40-50(4)41-39-44)48(53)49-45-36-29-25-26-30-37-45/h43-45,47H,5-42H2,1-4H3,(H,49,53). The Morgan fingerprint density at radius 1 is 0.566 bits per heavy atom. The Morgan fingerprint density at radius 2 is 1.04 bits per heavy atom. The summed E-state index contributed by atoms with van der Waals surface area (Å²) in [5.74, 6) is 1.19. The summed E-state index contributed by atoms with van der Waals surface area (Å²) in [6.07, 6.45) is 43.3. The van der Waals surface area contributed by atoms with Crippen molar-refractivity contribution in [2.75, 3.05) is 26.7 Å². The summed E-state index contributed by atoms with van der Waals surface area (Å²) in [5.41, 5.74) is 0.